The molecule has 0 aromatic heterocycles. The van der Waals surface area contributed by atoms with Crippen LogP contribution in [0, 0.1) is 11.8 Å². The molecule has 0 fully saturated rings. The molecule has 1 rings (SSSR count). The molecule has 0 bridgehead atoms. The van der Waals surface area contributed by atoms with E-state index in [1.54, 1.807) is 0 Å². The Kier molecular flexibility index (Phi) is 4.13. The normalized spacial score (nSPS) is 35.2. The first kappa shape index (κ1) is 9.57. The lowest BCUT2D eigenvalue weighted by Gasteiger charge is -2.13. The van der Waals surface area contributed by atoms with Gasteiger partial charge in [-0.05, 0) is 37.5 Å². The van der Waals surface area contributed by atoms with E-state index in [1.165, 1.54) is 25.7 Å². The summed E-state index contributed by atoms with van der Waals surface area (Å²) >= 11 is 0. The van der Waals surface area contributed by atoms with Crippen LogP contribution in [0.3, 0.4) is 0 Å². The van der Waals surface area contributed by atoms with E-state index in [-0.39, 0.29) is 0 Å². The summed E-state index contributed by atoms with van der Waals surface area (Å²) in [7, 11) is 0. The van der Waals surface area contributed by atoms with Crippen molar-refractivity contribution < 1.29 is 0 Å². The van der Waals surface area contributed by atoms with Crippen LogP contribution in [0.1, 0.15) is 39.5 Å². The lowest BCUT2D eigenvalue weighted by Crippen LogP contribution is -1.98. The van der Waals surface area contributed by atoms with Gasteiger partial charge in [-0.25, -0.2) is 0 Å². The molecule has 0 N–H and O–H groups in total. The highest BCUT2D eigenvalue weighted by atomic mass is 14.1. The molecular weight excluding hydrogens is 144 g/mol. The van der Waals surface area contributed by atoms with Gasteiger partial charge in [0.1, 0.15) is 0 Å². The summed E-state index contributed by atoms with van der Waals surface area (Å²) in [6, 6.07) is 0. The molecule has 0 aliphatic heterocycles. The van der Waals surface area contributed by atoms with E-state index < -0.39 is 0 Å². The second-order valence-electron chi connectivity index (χ2n) is 3.66. The van der Waals surface area contributed by atoms with Crippen molar-refractivity contribution in [1.29, 1.82) is 0 Å². The minimum absolute atomic E-state index is 0.791. The zero-order valence-corrected chi connectivity index (χ0v) is 8.29. The minimum Gasteiger partial charge on any atom is -0.0877 e. The summed E-state index contributed by atoms with van der Waals surface area (Å²) in [5, 5.41) is 0. The molecule has 0 aromatic rings. The maximum absolute atomic E-state index is 2.40. The minimum atomic E-state index is 0.791. The van der Waals surface area contributed by atoms with E-state index in [2.05, 4.69) is 38.2 Å². The molecule has 68 valence electrons. The number of hydrogen-bond donors (Lipinski definition) is 0. The standard InChI is InChI=1S/C12H20/c1-3-11-7-5-9-12(4-2)10-6-8-11/h5-7,10-12H,3-4,8-9H2,1-2H3/b7-5-,10-6-/t11-,12+/m1/s1. The van der Waals surface area contributed by atoms with Gasteiger partial charge in [0.25, 0.3) is 0 Å². The van der Waals surface area contributed by atoms with Crippen LogP contribution >= 0.6 is 0 Å². The fourth-order valence-corrected chi connectivity index (χ4v) is 1.65. The molecule has 1 aliphatic rings. The Hall–Kier alpha value is -0.520. The maximum atomic E-state index is 2.40. The van der Waals surface area contributed by atoms with E-state index in [0.717, 1.165) is 11.8 Å². The van der Waals surface area contributed by atoms with Crippen molar-refractivity contribution in [1.82, 2.24) is 0 Å². The summed E-state index contributed by atoms with van der Waals surface area (Å²) in [6.07, 6.45) is 14.6. The highest BCUT2D eigenvalue weighted by Crippen LogP contribution is 2.19. The molecule has 0 amide bonds. The van der Waals surface area contributed by atoms with Gasteiger partial charge >= 0.3 is 0 Å². The Morgan fingerprint density at radius 3 is 1.67 bits per heavy atom. The predicted octanol–water partition coefficient (Wildman–Crippen LogP) is 3.95. The average molecular weight is 164 g/mol. The van der Waals surface area contributed by atoms with Crippen molar-refractivity contribution in [3.8, 4) is 0 Å². The first-order valence-corrected chi connectivity index (χ1v) is 5.20. The fraction of sp³-hybridized carbons (Fsp3) is 0.667. The third-order valence-corrected chi connectivity index (χ3v) is 2.74. The Labute approximate surface area is 76.4 Å². The molecule has 0 unspecified atom stereocenters. The van der Waals surface area contributed by atoms with Crippen LogP contribution in [0.15, 0.2) is 24.3 Å². The van der Waals surface area contributed by atoms with Crippen molar-refractivity contribution in [3.63, 3.8) is 0 Å². The van der Waals surface area contributed by atoms with Gasteiger partial charge in [-0.3, -0.25) is 0 Å². The first-order valence-electron chi connectivity index (χ1n) is 5.20. The Morgan fingerprint density at radius 1 is 0.917 bits per heavy atom. The monoisotopic (exact) mass is 164 g/mol. The van der Waals surface area contributed by atoms with Gasteiger partial charge in [0.05, 0.1) is 0 Å². The fourth-order valence-electron chi connectivity index (χ4n) is 1.65. The SMILES string of the molecule is CC[C@@H]1/C=C\C[C@H](CC)/C=C\C1. The molecule has 0 saturated carbocycles. The molecule has 1 aliphatic carbocycles. The van der Waals surface area contributed by atoms with E-state index in [4.69, 9.17) is 0 Å². The van der Waals surface area contributed by atoms with E-state index in [0.29, 0.717) is 0 Å². The van der Waals surface area contributed by atoms with E-state index in [9.17, 15) is 0 Å². The van der Waals surface area contributed by atoms with Crippen molar-refractivity contribution in [2.24, 2.45) is 11.8 Å². The van der Waals surface area contributed by atoms with Crippen LogP contribution < -0.4 is 0 Å². The molecule has 2 atom stereocenters. The third kappa shape index (κ3) is 2.84. The molecule has 0 spiro atoms. The summed E-state index contributed by atoms with van der Waals surface area (Å²) in [6.45, 7) is 4.53. The zero-order valence-electron chi connectivity index (χ0n) is 8.29. The topological polar surface area (TPSA) is 0 Å². The molecule has 12 heavy (non-hydrogen) atoms. The molecule has 0 saturated heterocycles. The van der Waals surface area contributed by atoms with Crippen molar-refractivity contribution >= 4 is 0 Å². The van der Waals surface area contributed by atoms with Gasteiger partial charge in [0.2, 0.25) is 0 Å². The second kappa shape index (κ2) is 5.18. The van der Waals surface area contributed by atoms with E-state index in [1.807, 2.05) is 0 Å². The quantitative estimate of drug-likeness (QED) is 0.542. The van der Waals surface area contributed by atoms with Crippen LogP contribution in [0.4, 0.5) is 0 Å². The molecular formula is C12H20. The average Bonchev–Trinajstić information content (AvgIpc) is 2.05. The van der Waals surface area contributed by atoms with E-state index >= 15 is 0 Å². The van der Waals surface area contributed by atoms with Gasteiger partial charge in [-0.15, -0.1) is 0 Å². The second-order valence-corrected chi connectivity index (χ2v) is 3.66. The molecule has 0 aromatic carbocycles. The van der Waals surface area contributed by atoms with Crippen LogP contribution in [0.5, 0.6) is 0 Å². The van der Waals surface area contributed by atoms with Crippen molar-refractivity contribution in [2.45, 2.75) is 39.5 Å². The highest BCUT2D eigenvalue weighted by Gasteiger charge is 2.04. The lowest BCUT2D eigenvalue weighted by atomic mass is 9.93. The van der Waals surface area contributed by atoms with Gasteiger partial charge in [-0.2, -0.15) is 0 Å². The van der Waals surface area contributed by atoms with Crippen LogP contribution in [0.2, 0.25) is 0 Å². The van der Waals surface area contributed by atoms with Crippen LogP contribution in [-0.4, -0.2) is 0 Å². The molecule has 0 heteroatoms. The lowest BCUT2D eigenvalue weighted by molar-refractivity contribution is 0.590. The summed E-state index contributed by atoms with van der Waals surface area (Å²) in [5.41, 5.74) is 0. The molecule has 0 heterocycles. The van der Waals surface area contributed by atoms with Crippen LogP contribution in [-0.2, 0) is 0 Å². The summed E-state index contributed by atoms with van der Waals surface area (Å²) in [4.78, 5) is 0. The van der Waals surface area contributed by atoms with Gasteiger partial charge in [-0.1, -0.05) is 38.2 Å². The summed E-state index contributed by atoms with van der Waals surface area (Å²) in [5.74, 6) is 1.58. The third-order valence-electron chi connectivity index (χ3n) is 2.74. The largest absolute Gasteiger partial charge is 0.0877 e. The molecule has 0 nitrogen and oxygen atoms in total. The number of allylic oxidation sites excluding steroid dienone is 4. The number of hydrogen-bond acceptors (Lipinski definition) is 0. The number of rotatable bonds is 2. The van der Waals surface area contributed by atoms with Gasteiger partial charge in [0, 0.05) is 0 Å². The van der Waals surface area contributed by atoms with Gasteiger partial charge in [0.15, 0.2) is 0 Å². The Balaban J connectivity index is 2.47. The molecule has 0 radical (unpaired) electrons. The first-order chi connectivity index (χ1) is 5.86. The Bertz CT molecular complexity index is 145. The highest BCUT2D eigenvalue weighted by molar-refractivity contribution is 5.01. The predicted molar refractivity (Wildman–Crippen MR) is 55.1 cm³/mol. The zero-order chi connectivity index (χ0) is 8.81. The van der Waals surface area contributed by atoms with Crippen molar-refractivity contribution in [3.05, 3.63) is 24.3 Å². The summed E-state index contributed by atoms with van der Waals surface area (Å²) < 4.78 is 0. The maximum Gasteiger partial charge on any atom is -0.0202 e. The Morgan fingerprint density at radius 2 is 1.33 bits per heavy atom. The van der Waals surface area contributed by atoms with Crippen molar-refractivity contribution in [2.75, 3.05) is 0 Å². The smallest absolute Gasteiger partial charge is 0.0202 e. The van der Waals surface area contributed by atoms with Gasteiger partial charge < -0.3 is 0 Å². The van der Waals surface area contributed by atoms with Crippen LogP contribution in [0.25, 0.3) is 0 Å².